The first-order valence-corrected chi connectivity index (χ1v) is 8.87. The van der Waals surface area contributed by atoms with E-state index >= 15 is 0 Å². The van der Waals surface area contributed by atoms with E-state index in [1.54, 1.807) is 6.07 Å². The van der Waals surface area contributed by atoms with Crippen LogP contribution < -0.4 is 0 Å². The molecule has 0 aliphatic carbocycles. The van der Waals surface area contributed by atoms with E-state index in [1.165, 1.54) is 17.4 Å². The molecule has 3 nitrogen and oxygen atoms in total. The second kappa shape index (κ2) is 6.84. The maximum Gasteiger partial charge on any atom is 0.244 e. The molecule has 114 valence electrons. The Morgan fingerprint density at radius 2 is 1.75 bits per heavy atom. The Labute approximate surface area is 135 Å². The first kappa shape index (κ1) is 18.1. The number of alkyl halides is 1. The van der Waals surface area contributed by atoms with Crippen LogP contribution in [0.3, 0.4) is 0 Å². The number of hydrogen-bond donors (Lipinski definition) is 0. The second-order valence-electron chi connectivity index (χ2n) is 5.02. The van der Waals surface area contributed by atoms with E-state index in [2.05, 4.69) is 0 Å². The van der Waals surface area contributed by atoms with Gasteiger partial charge in [0.15, 0.2) is 0 Å². The van der Waals surface area contributed by atoms with Crippen molar-refractivity contribution in [2.24, 2.45) is 5.92 Å². The predicted octanol–water partition coefficient (Wildman–Crippen LogP) is 4.40. The lowest BCUT2D eigenvalue weighted by molar-refractivity contribution is 0.316. The first-order chi connectivity index (χ1) is 9.12. The summed E-state index contributed by atoms with van der Waals surface area (Å²) in [5, 5.41) is 0.432. The molecular formula is C13H18Cl3NO2S. The monoisotopic (exact) mass is 357 g/mol. The number of rotatable bonds is 5. The van der Waals surface area contributed by atoms with Gasteiger partial charge in [-0.3, -0.25) is 0 Å². The van der Waals surface area contributed by atoms with Crippen molar-refractivity contribution in [2.75, 3.05) is 7.05 Å². The SMILES string of the molecule is CC(C)C(C)N(C)S(=O)(=O)c1cc(Cl)cc(CCl)c1Cl. The van der Waals surface area contributed by atoms with Crippen LogP contribution in [0.2, 0.25) is 10.0 Å². The highest BCUT2D eigenvalue weighted by Gasteiger charge is 2.30. The zero-order valence-electron chi connectivity index (χ0n) is 11.8. The number of sulfonamides is 1. The van der Waals surface area contributed by atoms with Crippen molar-refractivity contribution in [3.05, 3.63) is 27.7 Å². The lowest BCUT2D eigenvalue weighted by Gasteiger charge is -2.27. The summed E-state index contributed by atoms with van der Waals surface area (Å²) in [5.41, 5.74) is 0.505. The molecule has 1 aromatic rings. The molecule has 1 unspecified atom stereocenters. The Morgan fingerprint density at radius 3 is 2.20 bits per heavy atom. The summed E-state index contributed by atoms with van der Waals surface area (Å²) < 4.78 is 26.6. The van der Waals surface area contributed by atoms with E-state index in [-0.39, 0.29) is 27.8 Å². The van der Waals surface area contributed by atoms with E-state index in [4.69, 9.17) is 34.8 Å². The molecule has 0 saturated carbocycles. The fourth-order valence-corrected chi connectivity index (χ4v) is 4.38. The van der Waals surface area contributed by atoms with Crippen molar-refractivity contribution in [3.63, 3.8) is 0 Å². The van der Waals surface area contributed by atoms with Crippen molar-refractivity contribution in [3.8, 4) is 0 Å². The van der Waals surface area contributed by atoms with Crippen LogP contribution in [0.25, 0.3) is 0 Å². The summed E-state index contributed by atoms with van der Waals surface area (Å²) in [5.74, 6) is 0.283. The third-order valence-electron chi connectivity index (χ3n) is 3.42. The lowest BCUT2D eigenvalue weighted by Crippen LogP contribution is -2.38. The summed E-state index contributed by atoms with van der Waals surface area (Å²) in [7, 11) is -2.17. The third kappa shape index (κ3) is 3.60. The average molecular weight is 359 g/mol. The smallest absolute Gasteiger partial charge is 0.207 e. The van der Waals surface area contributed by atoms with Crippen molar-refractivity contribution >= 4 is 44.8 Å². The fourth-order valence-electron chi connectivity index (χ4n) is 1.70. The summed E-state index contributed by atoms with van der Waals surface area (Å²) in [4.78, 5) is -0.00248. The third-order valence-corrected chi connectivity index (χ3v) is 6.45. The van der Waals surface area contributed by atoms with Crippen LogP contribution in [0.5, 0.6) is 0 Å². The van der Waals surface area contributed by atoms with Crippen LogP contribution in [0, 0.1) is 5.92 Å². The van der Waals surface area contributed by atoms with Gasteiger partial charge in [-0.25, -0.2) is 8.42 Å². The molecule has 20 heavy (non-hydrogen) atoms. The summed E-state index contributed by atoms with van der Waals surface area (Å²) >= 11 is 17.9. The van der Waals surface area contributed by atoms with E-state index < -0.39 is 10.0 Å². The highest BCUT2D eigenvalue weighted by atomic mass is 35.5. The Balaban J connectivity index is 3.39. The summed E-state index contributed by atoms with van der Waals surface area (Å²) in [6, 6.07) is 2.77. The van der Waals surface area contributed by atoms with Crippen molar-refractivity contribution in [1.82, 2.24) is 4.31 Å². The fraction of sp³-hybridized carbons (Fsp3) is 0.538. The Morgan fingerprint density at radius 1 is 1.20 bits per heavy atom. The molecule has 0 aliphatic heterocycles. The van der Waals surface area contributed by atoms with E-state index in [9.17, 15) is 8.42 Å². The van der Waals surface area contributed by atoms with Crippen LogP contribution in [-0.2, 0) is 15.9 Å². The van der Waals surface area contributed by atoms with Gasteiger partial charge in [0.25, 0.3) is 0 Å². The van der Waals surface area contributed by atoms with Gasteiger partial charge in [-0.2, -0.15) is 4.31 Å². The van der Waals surface area contributed by atoms with Gasteiger partial charge in [0.1, 0.15) is 4.90 Å². The van der Waals surface area contributed by atoms with Crippen LogP contribution >= 0.6 is 34.8 Å². The maximum atomic E-state index is 12.7. The second-order valence-corrected chi connectivity index (χ2v) is 8.06. The molecule has 0 spiro atoms. The molecule has 0 saturated heterocycles. The molecule has 0 radical (unpaired) electrons. The standard InChI is InChI=1S/C13H18Cl3NO2S/c1-8(2)9(3)17(4)20(18,19)12-6-11(15)5-10(7-14)13(12)16/h5-6,8-9H,7H2,1-4H3. The van der Waals surface area contributed by atoms with Crippen LogP contribution in [0.4, 0.5) is 0 Å². The normalized spacial score (nSPS) is 14.1. The van der Waals surface area contributed by atoms with Gasteiger partial charge in [0.05, 0.1) is 5.02 Å². The summed E-state index contributed by atoms with van der Waals surface area (Å²) in [6.45, 7) is 5.77. The molecule has 0 N–H and O–H groups in total. The minimum Gasteiger partial charge on any atom is -0.207 e. The largest absolute Gasteiger partial charge is 0.244 e. The molecule has 0 heterocycles. The molecule has 0 fully saturated rings. The average Bonchev–Trinajstić information content (AvgIpc) is 2.38. The predicted molar refractivity (Wildman–Crippen MR) is 85.3 cm³/mol. The van der Waals surface area contributed by atoms with Gasteiger partial charge in [0, 0.05) is 24.0 Å². The van der Waals surface area contributed by atoms with Gasteiger partial charge in [-0.1, -0.05) is 37.0 Å². The van der Waals surface area contributed by atoms with Gasteiger partial charge in [0.2, 0.25) is 10.0 Å². The Bertz CT molecular complexity index is 588. The number of nitrogens with zero attached hydrogens (tertiary/aromatic N) is 1. The minimum atomic E-state index is -3.71. The molecule has 0 aromatic heterocycles. The van der Waals surface area contributed by atoms with Crippen LogP contribution in [-0.4, -0.2) is 25.8 Å². The molecular weight excluding hydrogens is 341 g/mol. The van der Waals surface area contributed by atoms with E-state index in [1.807, 2.05) is 20.8 Å². The Kier molecular flexibility index (Phi) is 6.17. The maximum absolute atomic E-state index is 12.7. The molecule has 0 amide bonds. The van der Waals surface area contributed by atoms with Crippen LogP contribution in [0.1, 0.15) is 26.3 Å². The molecule has 0 aliphatic rings. The Hall–Kier alpha value is -0.000000000000000111. The van der Waals surface area contributed by atoms with Gasteiger partial charge < -0.3 is 0 Å². The van der Waals surface area contributed by atoms with Gasteiger partial charge >= 0.3 is 0 Å². The van der Waals surface area contributed by atoms with E-state index in [0.29, 0.717) is 10.6 Å². The topological polar surface area (TPSA) is 37.4 Å². The highest BCUT2D eigenvalue weighted by molar-refractivity contribution is 7.89. The van der Waals surface area contributed by atoms with Crippen LogP contribution in [0.15, 0.2) is 17.0 Å². The summed E-state index contributed by atoms with van der Waals surface area (Å²) in [6.07, 6.45) is 0. The van der Waals surface area contributed by atoms with Crippen molar-refractivity contribution < 1.29 is 8.42 Å². The van der Waals surface area contributed by atoms with E-state index in [0.717, 1.165) is 0 Å². The van der Waals surface area contributed by atoms with Crippen molar-refractivity contribution in [2.45, 2.75) is 37.6 Å². The highest BCUT2D eigenvalue weighted by Crippen LogP contribution is 2.33. The molecule has 1 aromatic carbocycles. The molecule has 1 atom stereocenters. The zero-order valence-corrected chi connectivity index (χ0v) is 14.9. The number of hydrogen-bond acceptors (Lipinski definition) is 2. The lowest BCUT2D eigenvalue weighted by atomic mass is 10.1. The minimum absolute atomic E-state index is 0.00248. The van der Waals surface area contributed by atoms with Crippen molar-refractivity contribution in [1.29, 1.82) is 0 Å². The van der Waals surface area contributed by atoms with Gasteiger partial charge in [-0.05, 0) is 30.5 Å². The quantitative estimate of drug-likeness (QED) is 0.732. The molecule has 1 rings (SSSR count). The molecule has 7 heteroatoms. The first-order valence-electron chi connectivity index (χ1n) is 6.14. The number of halogens is 3. The zero-order chi connectivity index (χ0) is 15.7. The van der Waals surface area contributed by atoms with Gasteiger partial charge in [-0.15, -0.1) is 11.6 Å². The number of benzene rings is 1. The molecule has 0 bridgehead atoms.